The van der Waals surface area contributed by atoms with E-state index in [9.17, 15) is 9.36 Å². The Morgan fingerprint density at radius 2 is 1.90 bits per heavy atom. The summed E-state index contributed by atoms with van der Waals surface area (Å²) in [5.41, 5.74) is 4.55. The van der Waals surface area contributed by atoms with Crippen LogP contribution in [0.5, 0.6) is 0 Å². The van der Waals surface area contributed by atoms with Crippen LogP contribution in [0.4, 0.5) is 5.69 Å². The molecule has 1 amide bonds. The molecule has 2 rings (SSSR count). The van der Waals surface area contributed by atoms with Gasteiger partial charge in [0.05, 0.1) is 24.5 Å². The van der Waals surface area contributed by atoms with E-state index in [-0.39, 0.29) is 18.6 Å². The van der Waals surface area contributed by atoms with Crippen LogP contribution < -0.4 is 15.6 Å². The van der Waals surface area contributed by atoms with Crippen LogP contribution in [0.15, 0.2) is 53.6 Å². The first-order valence-corrected chi connectivity index (χ1v) is 11.1. The molecule has 2 aromatic rings. The van der Waals surface area contributed by atoms with Gasteiger partial charge in [-0.25, -0.2) is 5.43 Å². The van der Waals surface area contributed by atoms with Gasteiger partial charge in [0.15, 0.2) is 0 Å². The van der Waals surface area contributed by atoms with Crippen molar-refractivity contribution in [2.75, 3.05) is 37.6 Å². The number of rotatable bonds is 9. The predicted octanol–water partition coefficient (Wildman–Crippen LogP) is 2.93. The lowest BCUT2D eigenvalue weighted by molar-refractivity contribution is -0.118. The van der Waals surface area contributed by atoms with E-state index in [1.165, 1.54) is 6.21 Å². The SMILES string of the molecule is CN(C)c1ccc([P@@](=O)(CC(=O)N/N=C\c2ccc(C#N)cc2)OCCCl)cc1. The first-order chi connectivity index (χ1) is 13.9. The molecule has 0 fully saturated rings. The summed E-state index contributed by atoms with van der Waals surface area (Å²) < 4.78 is 18.8. The van der Waals surface area contributed by atoms with Crippen molar-refractivity contribution in [1.82, 2.24) is 5.43 Å². The summed E-state index contributed by atoms with van der Waals surface area (Å²) in [5.74, 6) is -0.373. The molecule has 0 radical (unpaired) electrons. The average molecular weight is 433 g/mol. The molecule has 0 aliphatic rings. The third-order valence-corrected chi connectivity index (χ3v) is 6.47. The first-order valence-electron chi connectivity index (χ1n) is 8.77. The number of hydrazone groups is 1. The highest BCUT2D eigenvalue weighted by Crippen LogP contribution is 2.45. The van der Waals surface area contributed by atoms with Gasteiger partial charge in [0.1, 0.15) is 6.16 Å². The zero-order chi connectivity index (χ0) is 21.3. The third-order valence-electron chi connectivity index (χ3n) is 3.93. The molecular weight excluding hydrogens is 411 g/mol. The summed E-state index contributed by atoms with van der Waals surface area (Å²) in [4.78, 5) is 14.2. The van der Waals surface area contributed by atoms with Gasteiger partial charge in [-0.2, -0.15) is 10.4 Å². The quantitative estimate of drug-likeness (QED) is 0.284. The molecule has 0 aliphatic carbocycles. The molecule has 0 saturated heterocycles. The molecule has 0 heterocycles. The van der Waals surface area contributed by atoms with E-state index in [0.717, 1.165) is 5.69 Å². The fourth-order valence-corrected chi connectivity index (χ4v) is 4.46. The van der Waals surface area contributed by atoms with Crippen LogP contribution in [0, 0.1) is 11.3 Å². The summed E-state index contributed by atoms with van der Waals surface area (Å²) in [6, 6.07) is 15.7. The Bertz CT molecular complexity index is 938. The summed E-state index contributed by atoms with van der Waals surface area (Å²) in [6.45, 7) is 0.0655. The normalized spacial score (nSPS) is 12.9. The van der Waals surface area contributed by atoms with E-state index in [1.54, 1.807) is 36.4 Å². The Kier molecular flexibility index (Phi) is 8.41. The van der Waals surface area contributed by atoms with Crippen molar-refractivity contribution < 1.29 is 13.9 Å². The highest BCUT2D eigenvalue weighted by Gasteiger charge is 2.29. The maximum atomic E-state index is 13.3. The van der Waals surface area contributed by atoms with Gasteiger partial charge in [0.2, 0.25) is 13.3 Å². The zero-order valence-electron chi connectivity index (χ0n) is 16.2. The number of carbonyl (C=O) groups is 1. The van der Waals surface area contributed by atoms with Crippen molar-refractivity contribution in [2.24, 2.45) is 5.10 Å². The molecular formula is C20H22ClN4O3P. The molecule has 0 unspecified atom stereocenters. The predicted molar refractivity (Wildman–Crippen MR) is 116 cm³/mol. The molecule has 9 heteroatoms. The molecule has 7 nitrogen and oxygen atoms in total. The lowest BCUT2D eigenvalue weighted by Crippen LogP contribution is -2.25. The van der Waals surface area contributed by atoms with Gasteiger partial charge < -0.3 is 9.42 Å². The number of carbonyl (C=O) groups excluding carboxylic acids is 1. The molecule has 29 heavy (non-hydrogen) atoms. The van der Waals surface area contributed by atoms with E-state index in [4.69, 9.17) is 21.4 Å². The van der Waals surface area contributed by atoms with Gasteiger partial charge in [-0.3, -0.25) is 9.36 Å². The van der Waals surface area contributed by atoms with Crippen LogP contribution in [0.1, 0.15) is 11.1 Å². The van der Waals surface area contributed by atoms with E-state index in [2.05, 4.69) is 10.5 Å². The van der Waals surface area contributed by atoms with Crippen LogP contribution in [0.2, 0.25) is 0 Å². The van der Waals surface area contributed by atoms with Gasteiger partial charge >= 0.3 is 0 Å². The minimum Gasteiger partial charge on any atom is -0.378 e. The zero-order valence-corrected chi connectivity index (χ0v) is 17.9. The monoisotopic (exact) mass is 432 g/mol. The van der Waals surface area contributed by atoms with Gasteiger partial charge in [-0.1, -0.05) is 12.1 Å². The van der Waals surface area contributed by atoms with Crippen molar-refractivity contribution >= 4 is 42.1 Å². The van der Waals surface area contributed by atoms with Crippen LogP contribution in [0.3, 0.4) is 0 Å². The van der Waals surface area contributed by atoms with Crippen LogP contribution in [-0.2, 0) is 13.9 Å². The summed E-state index contributed by atoms with van der Waals surface area (Å²) in [6.07, 6.45) is 1.09. The van der Waals surface area contributed by atoms with Gasteiger partial charge in [-0.15, -0.1) is 11.6 Å². The number of nitrogens with zero attached hydrogens (tertiary/aromatic N) is 3. The molecule has 0 aliphatic heterocycles. The number of nitrogens with one attached hydrogen (secondary N) is 1. The Labute approximate surface area is 175 Å². The Morgan fingerprint density at radius 3 is 2.45 bits per heavy atom. The number of anilines is 1. The van der Waals surface area contributed by atoms with Crippen LogP contribution in [0.25, 0.3) is 0 Å². The topological polar surface area (TPSA) is 94.8 Å². The van der Waals surface area contributed by atoms with Gasteiger partial charge in [0, 0.05) is 31.0 Å². The molecule has 0 spiro atoms. The summed E-state index contributed by atoms with van der Waals surface area (Å²) >= 11 is 5.67. The summed E-state index contributed by atoms with van der Waals surface area (Å²) in [5, 5.41) is 13.1. The molecule has 152 valence electrons. The highest BCUT2D eigenvalue weighted by atomic mass is 35.5. The van der Waals surface area contributed by atoms with Crippen molar-refractivity contribution in [2.45, 2.75) is 0 Å². The molecule has 0 aromatic heterocycles. The maximum Gasteiger partial charge on any atom is 0.250 e. The number of hydrogen-bond acceptors (Lipinski definition) is 6. The van der Waals surface area contributed by atoms with Gasteiger partial charge in [-0.05, 0) is 42.0 Å². The number of hydrogen-bond donors (Lipinski definition) is 1. The van der Waals surface area contributed by atoms with Crippen molar-refractivity contribution in [3.63, 3.8) is 0 Å². The second-order valence-corrected chi connectivity index (χ2v) is 9.11. The Hall–Kier alpha value is -2.65. The van der Waals surface area contributed by atoms with E-state index in [0.29, 0.717) is 16.4 Å². The Balaban J connectivity index is 2.07. The molecule has 0 saturated carbocycles. The molecule has 0 bridgehead atoms. The first kappa shape index (κ1) is 22.6. The highest BCUT2D eigenvalue weighted by molar-refractivity contribution is 7.67. The smallest absolute Gasteiger partial charge is 0.250 e. The van der Waals surface area contributed by atoms with E-state index in [1.807, 2.05) is 37.2 Å². The van der Waals surface area contributed by atoms with E-state index < -0.39 is 13.3 Å². The second-order valence-electron chi connectivity index (χ2n) is 6.29. The largest absolute Gasteiger partial charge is 0.378 e. The number of halogens is 1. The lowest BCUT2D eigenvalue weighted by atomic mass is 10.2. The maximum absolute atomic E-state index is 13.3. The molecule has 2 aromatic carbocycles. The van der Waals surface area contributed by atoms with Crippen LogP contribution in [-0.4, -0.2) is 44.9 Å². The van der Waals surface area contributed by atoms with Crippen molar-refractivity contribution in [3.8, 4) is 6.07 Å². The van der Waals surface area contributed by atoms with Crippen molar-refractivity contribution in [1.29, 1.82) is 5.26 Å². The standard InChI is InChI=1S/C20H22ClN4O3P/c1-25(2)18-7-9-19(10-8-18)29(27,28-12-11-21)15-20(26)24-23-14-17-5-3-16(13-22)4-6-17/h3-10,14H,11-12,15H2,1-2H3,(H,24,26)/b23-14-/t29-/m1/s1. The number of alkyl halides is 1. The minimum absolute atomic E-state index is 0.0655. The second kappa shape index (κ2) is 10.8. The fourth-order valence-electron chi connectivity index (χ4n) is 2.42. The minimum atomic E-state index is -3.44. The third kappa shape index (κ3) is 6.72. The fraction of sp³-hybridized carbons (Fsp3) is 0.250. The lowest BCUT2D eigenvalue weighted by Gasteiger charge is -2.19. The molecule has 1 N–H and O–H groups in total. The Morgan fingerprint density at radius 1 is 1.24 bits per heavy atom. The van der Waals surface area contributed by atoms with Crippen LogP contribution >= 0.6 is 19.0 Å². The number of benzene rings is 2. The molecule has 1 atom stereocenters. The summed E-state index contributed by atoms with van der Waals surface area (Å²) in [7, 11) is 0.359. The number of nitriles is 1. The average Bonchev–Trinajstić information content (AvgIpc) is 2.73. The van der Waals surface area contributed by atoms with E-state index >= 15 is 0 Å². The number of amides is 1. The van der Waals surface area contributed by atoms with Gasteiger partial charge in [0.25, 0.3) is 0 Å². The van der Waals surface area contributed by atoms with Crippen molar-refractivity contribution in [3.05, 3.63) is 59.7 Å².